The summed E-state index contributed by atoms with van der Waals surface area (Å²) >= 11 is 1.37. The zero-order chi connectivity index (χ0) is 23.5. The molecule has 0 bridgehead atoms. The van der Waals surface area contributed by atoms with Crippen molar-refractivity contribution in [1.82, 2.24) is 0 Å². The number of benzene rings is 2. The van der Waals surface area contributed by atoms with Gasteiger partial charge in [-0.15, -0.1) is 11.3 Å². The van der Waals surface area contributed by atoms with E-state index in [4.69, 9.17) is 18.9 Å². The minimum absolute atomic E-state index is 0.135. The van der Waals surface area contributed by atoms with Gasteiger partial charge >= 0.3 is 0 Å². The van der Waals surface area contributed by atoms with Gasteiger partial charge in [0, 0.05) is 29.1 Å². The first-order chi connectivity index (χ1) is 16.0. The number of anilines is 2. The Bertz CT molecular complexity index is 1210. The van der Waals surface area contributed by atoms with Gasteiger partial charge in [-0.2, -0.15) is 0 Å². The lowest BCUT2D eigenvalue weighted by Gasteiger charge is -2.18. The number of carbonyl (C=O) groups is 2. The summed E-state index contributed by atoms with van der Waals surface area (Å²) in [6.45, 7) is 0. The van der Waals surface area contributed by atoms with E-state index in [0.29, 0.717) is 39.2 Å². The molecule has 3 aromatic rings. The zero-order valence-corrected chi connectivity index (χ0v) is 19.3. The molecule has 1 aromatic heterocycles. The van der Waals surface area contributed by atoms with E-state index in [2.05, 4.69) is 5.32 Å². The number of ether oxygens (including phenoxy) is 4. The highest BCUT2D eigenvalue weighted by molar-refractivity contribution is 7.11. The number of amides is 2. The molecule has 0 saturated carbocycles. The maximum absolute atomic E-state index is 13.6. The molecular formula is C24H22N2O6S. The van der Waals surface area contributed by atoms with Gasteiger partial charge in [-0.3, -0.25) is 9.59 Å². The number of hydrogen-bond donors (Lipinski definition) is 1. The molecule has 0 radical (unpaired) electrons. The second-order valence-corrected chi connectivity index (χ2v) is 7.88. The van der Waals surface area contributed by atoms with Gasteiger partial charge in [0.15, 0.2) is 0 Å². The van der Waals surface area contributed by atoms with E-state index in [1.165, 1.54) is 32.7 Å². The monoisotopic (exact) mass is 466 g/mol. The average molecular weight is 467 g/mol. The molecule has 4 rings (SSSR count). The Hall–Kier alpha value is -3.98. The van der Waals surface area contributed by atoms with Crippen LogP contribution in [0.15, 0.2) is 59.6 Å². The molecular weight excluding hydrogens is 444 g/mol. The van der Waals surface area contributed by atoms with E-state index in [1.807, 2.05) is 11.4 Å². The number of carbonyl (C=O) groups excluding carboxylic acids is 2. The molecule has 170 valence electrons. The number of rotatable bonds is 8. The summed E-state index contributed by atoms with van der Waals surface area (Å²) in [5.74, 6) is 1.01. The standard InChI is InChI=1S/C24H22N2O6S/c1-29-15-7-8-19(32-4)18(13-15)25-22-21(20-6-5-9-33-20)23(27)26(24(22)28)14-10-16(30-2)12-17(11-14)31-3/h5-13,25H,1-4H3. The number of thiophene rings is 1. The largest absolute Gasteiger partial charge is 0.497 e. The van der Waals surface area contributed by atoms with Crippen LogP contribution < -0.4 is 29.2 Å². The highest BCUT2D eigenvalue weighted by atomic mass is 32.1. The zero-order valence-electron chi connectivity index (χ0n) is 18.5. The van der Waals surface area contributed by atoms with Gasteiger partial charge in [-0.25, -0.2) is 4.90 Å². The minimum Gasteiger partial charge on any atom is -0.497 e. The molecule has 33 heavy (non-hydrogen) atoms. The Morgan fingerprint density at radius 1 is 0.788 bits per heavy atom. The lowest BCUT2D eigenvalue weighted by molar-refractivity contribution is -0.120. The Labute approximate surface area is 194 Å². The van der Waals surface area contributed by atoms with Crippen LogP contribution in [0.3, 0.4) is 0 Å². The number of imide groups is 1. The van der Waals surface area contributed by atoms with Crippen molar-refractivity contribution in [2.24, 2.45) is 0 Å². The van der Waals surface area contributed by atoms with E-state index in [9.17, 15) is 9.59 Å². The second-order valence-electron chi connectivity index (χ2n) is 6.94. The second kappa shape index (κ2) is 9.25. The molecule has 0 aliphatic carbocycles. The summed E-state index contributed by atoms with van der Waals surface area (Å²) in [6, 6.07) is 13.7. The highest BCUT2D eigenvalue weighted by Gasteiger charge is 2.41. The van der Waals surface area contributed by atoms with Crippen molar-refractivity contribution in [3.8, 4) is 23.0 Å². The smallest absolute Gasteiger partial charge is 0.282 e. The summed E-state index contributed by atoms with van der Waals surface area (Å²) in [5.41, 5.74) is 1.23. The molecule has 0 fully saturated rings. The fourth-order valence-electron chi connectivity index (χ4n) is 3.50. The van der Waals surface area contributed by atoms with Crippen LogP contribution in [0.1, 0.15) is 4.88 Å². The summed E-state index contributed by atoms with van der Waals surface area (Å²) in [6.07, 6.45) is 0. The van der Waals surface area contributed by atoms with Crippen LogP contribution in [0.4, 0.5) is 11.4 Å². The predicted molar refractivity (Wildman–Crippen MR) is 126 cm³/mol. The molecule has 0 atom stereocenters. The first-order valence-electron chi connectivity index (χ1n) is 9.89. The summed E-state index contributed by atoms with van der Waals surface area (Å²) in [4.78, 5) is 29.0. The Kier molecular flexibility index (Phi) is 6.23. The van der Waals surface area contributed by atoms with Gasteiger partial charge in [-0.1, -0.05) is 6.07 Å². The molecule has 8 nitrogen and oxygen atoms in total. The Balaban J connectivity index is 1.83. The lowest BCUT2D eigenvalue weighted by Crippen LogP contribution is -2.32. The number of nitrogens with one attached hydrogen (secondary N) is 1. The number of methoxy groups -OCH3 is 4. The van der Waals surface area contributed by atoms with Crippen LogP contribution in [0.5, 0.6) is 23.0 Å². The van der Waals surface area contributed by atoms with Crippen molar-refractivity contribution in [3.05, 3.63) is 64.5 Å². The third kappa shape index (κ3) is 4.10. The summed E-state index contributed by atoms with van der Waals surface area (Å²) < 4.78 is 21.4. The van der Waals surface area contributed by atoms with E-state index >= 15 is 0 Å². The van der Waals surface area contributed by atoms with Crippen LogP contribution in [0.25, 0.3) is 5.57 Å². The molecule has 2 heterocycles. The summed E-state index contributed by atoms with van der Waals surface area (Å²) in [7, 11) is 6.08. The minimum atomic E-state index is -0.511. The molecule has 2 amide bonds. The SMILES string of the molecule is COc1cc(OC)cc(N2C(=O)C(Nc3cc(OC)ccc3OC)=C(c3cccs3)C2=O)c1. The van der Waals surface area contributed by atoms with E-state index in [1.54, 1.807) is 49.6 Å². The predicted octanol–water partition coefficient (Wildman–Crippen LogP) is 4.18. The van der Waals surface area contributed by atoms with Gasteiger partial charge in [0.2, 0.25) is 0 Å². The van der Waals surface area contributed by atoms with E-state index in [-0.39, 0.29) is 11.3 Å². The van der Waals surface area contributed by atoms with Crippen LogP contribution >= 0.6 is 11.3 Å². The topological polar surface area (TPSA) is 86.3 Å². The number of hydrogen-bond acceptors (Lipinski definition) is 8. The average Bonchev–Trinajstić information content (AvgIpc) is 3.45. The molecule has 2 aromatic carbocycles. The first-order valence-corrected chi connectivity index (χ1v) is 10.8. The first kappa shape index (κ1) is 22.2. The normalized spacial score (nSPS) is 13.4. The lowest BCUT2D eigenvalue weighted by atomic mass is 10.1. The molecule has 0 unspecified atom stereocenters. The van der Waals surface area contributed by atoms with E-state index in [0.717, 1.165) is 4.90 Å². The Morgan fingerprint density at radius 3 is 2.06 bits per heavy atom. The van der Waals surface area contributed by atoms with Gasteiger partial charge in [0.05, 0.1) is 45.4 Å². The van der Waals surface area contributed by atoms with Gasteiger partial charge < -0.3 is 24.3 Å². The third-order valence-corrected chi connectivity index (χ3v) is 6.00. The molecule has 1 N–H and O–H groups in total. The van der Waals surface area contributed by atoms with Crippen LogP contribution in [-0.2, 0) is 9.59 Å². The quantitative estimate of drug-likeness (QED) is 0.499. The molecule has 0 saturated heterocycles. The number of nitrogens with zero attached hydrogens (tertiary/aromatic N) is 1. The van der Waals surface area contributed by atoms with Gasteiger partial charge in [0.1, 0.15) is 28.7 Å². The maximum atomic E-state index is 13.6. The highest BCUT2D eigenvalue weighted by Crippen LogP contribution is 2.39. The third-order valence-electron chi connectivity index (χ3n) is 5.11. The van der Waals surface area contributed by atoms with E-state index < -0.39 is 11.8 Å². The van der Waals surface area contributed by atoms with Crippen molar-refractivity contribution in [3.63, 3.8) is 0 Å². The van der Waals surface area contributed by atoms with Gasteiger partial charge in [0.25, 0.3) is 11.8 Å². The van der Waals surface area contributed by atoms with Gasteiger partial charge in [-0.05, 0) is 23.6 Å². The molecule has 9 heteroatoms. The summed E-state index contributed by atoms with van der Waals surface area (Å²) in [5, 5.41) is 4.97. The van der Waals surface area contributed by atoms with Crippen molar-refractivity contribution >= 4 is 40.1 Å². The fourth-order valence-corrected chi connectivity index (χ4v) is 4.27. The van der Waals surface area contributed by atoms with Crippen molar-refractivity contribution in [1.29, 1.82) is 0 Å². The van der Waals surface area contributed by atoms with Crippen LogP contribution in [-0.4, -0.2) is 40.3 Å². The molecule has 0 spiro atoms. The Morgan fingerprint density at radius 2 is 1.48 bits per heavy atom. The molecule has 1 aliphatic heterocycles. The fraction of sp³-hybridized carbons (Fsp3) is 0.167. The van der Waals surface area contributed by atoms with Crippen LogP contribution in [0.2, 0.25) is 0 Å². The molecule has 1 aliphatic rings. The van der Waals surface area contributed by atoms with Crippen LogP contribution in [0, 0.1) is 0 Å². The van der Waals surface area contributed by atoms with Crippen molar-refractivity contribution < 1.29 is 28.5 Å². The maximum Gasteiger partial charge on any atom is 0.282 e. The van der Waals surface area contributed by atoms with Crippen molar-refractivity contribution in [2.45, 2.75) is 0 Å². The van der Waals surface area contributed by atoms with Crippen molar-refractivity contribution in [2.75, 3.05) is 38.7 Å².